The molecule has 1 unspecified atom stereocenters. The summed E-state index contributed by atoms with van der Waals surface area (Å²) in [5, 5.41) is 0. The van der Waals surface area contributed by atoms with E-state index in [4.69, 9.17) is 9.47 Å². The van der Waals surface area contributed by atoms with Crippen molar-refractivity contribution in [3.8, 4) is 0 Å². The summed E-state index contributed by atoms with van der Waals surface area (Å²) in [6, 6.07) is 9.74. The van der Waals surface area contributed by atoms with E-state index in [0.29, 0.717) is 6.61 Å². The number of ether oxygens (including phenoxy) is 2. The maximum absolute atomic E-state index is 11.9. The molecule has 0 bridgehead atoms. The van der Waals surface area contributed by atoms with Crippen LogP contribution in [0.2, 0.25) is 0 Å². The Morgan fingerprint density at radius 1 is 1.39 bits per heavy atom. The fourth-order valence-corrected chi connectivity index (χ4v) is 2.17. The molecule has 1 saturated heterocycles. The quantitative estimate of drug-likeness (QED) is 0.768. The highest BCUT2D eigenvalue weighted by Crippen LogP contribution is 2.21. The van der Waals surface area contributed by atoms with Gasteiger partial charge in [0.25, 0.3) is 0 Å². The Balaban J connectivity index is 1.80. The fraction of sp³-hybridized carbons (Fsp3) is 0.533. The third-order valence-electron chi connectivity index (χ3n) is 3.37. The van der Waals surface area contributed by atoms with Crippen LogP contribution < -0.4 is 0 Å². The predicted octanol–water partition coefficient (Wildman–Crippen LogP) is 2.94. The topological polar surface area (TPSA) is 35.5 Å². The lowest BCUT2D eigenvalue weighted by Gasteiger charge is -2.26. The van der Waals surface area contributed by atoms with Gasteiger partial charge >= 0.3 is 5.97 Å². The van der Waals surface area contributed by atoms with E-state index >= 15 is 0 Å². The third kappa shape index (κ3) is 3.57. The normalized spacial score (nSPS) is 21.3. The Morgan fingerprint density at radius 2 is 2.17 bits per heavy atom. The molecule has 0 aromatic heterocycles. The van der Waals surface area contributed by atoms with Crippen LogP contribution >= 0.6 is 0 Å². The fourth-order valence-electron chi connectivity index (χ4n) is 2.17. The van der Waals surface area contributed by atoms with Gasteiger partial charge in [0.05, 0.1) is 12.0 Å². The summed E-state index contributed by atoms with van der Waals surface area (Å²) in [5.74, 6) is -0.334. The number of rotatable bonds is 4. The zero-order valence-electron chi connectivity index (χ0n) is 10.8. The summed E-state index contributed by atoms with van der Waals surface area (Å²) >= 11 is 0. The van der Waals surface area contributed by atoms with Gasteiger partial charge in [0.1, 0.15) is 6.61 Å². The smallest absolute Gasteiger partial charge is 0.311 e. The second-order valence-corrected chi connectivity index (χ2v) is 4.79. The Labute approximate surface area is 108 Å². The van der Waals surface area contributed by atoms with E-state index in [-0.39, 0.29) is 18.0 Å². The van der Waals surface area contributed by atoms with Crippen molar-refractivity contribution >= 4 is 5.97 Å². The van der Waals surface area contributed by atoms with Gasteiger partial charge in [0.15, 0.2) is 0 Å². The lowest BCUT2D eigenvalue weighted by Crippen LogP contribution is -2.32. The largest absolute Gasteiger partial charge is 0.461 e. The van der Waals surface area contributed by atoms with Crippen molar-refractivity contribution in [2.45, 2.75) is 38.9 Å². The van der Waals surface area contributed by atoms with Crippen LogP contribution in [0.15, 0.2) is 30.3 Å². The van der Waals surface area contributed by atoms with Gasteiger partial charge in [-0.05, 0) is 31.7 Å². The van der Waals surface area contributed by atoms with E-state index in [1.807, 2.05) is 37.3 Å². The number of benzene rings is 1. The number of carbonyl (C=O) groups excluding carboxylic acids is 1. The van der Waals surface area contributed by atoms with Crippen LogP contribution in [0.3, 0.4) is 0 Å². The van der Waals surface area contributed by atoms with Gasteiger partial charge in [-0.15, -0.1) is 0 Å². The third-order valence-corrected chi connectivity index (χ3v) is 3.37. The minimum Gasteiger partial charge on any atom is -0.461 e. The Kier molecular flexibility index (Phi) is 4.76. The predicted molar refractivity (Wildman–Crippen MR) is 69.0 cm³/mol. The first-order valence-electron chi connectivity index (χ1n) is 6.59. The van der Waals surface area contributed by atoms with E-state index in [1.54, 1.807) is 0 Å². The molecular weight excluding hydrogens is 228 g/mol. The Bertz CT molecular complexity index is 369. The van der Waals surface area contributed by atoms with E-state index in [1.165, 1.54) is 0 Å². The molecule has 2 atom stereocenters. The summed E-state index contributed by atoms with van der Waals surface area (Å²) in [7, 11) is 0. The first-order valence-corrected chi connectivity index (χ1v) is 6.59. The lowest BCUT2D eigenvalue weighted by molar-refractivity contribution is -0.156. The molecule has 1 heterocycles. The van der Waals surface area contributed by atoms with E-state index in [9.17, 15) is 4.79 Å². The second-order valence-electron chi connectivity index (χ2n) is 4.79. The SMILES string of the molecule is CC(C(=O)OCc1ccccc1)[C@H]1CCCCO1. The molecule has 0 amide bonds. The van der Waals surface area contributed by atoms with E-state index in [2.05, 4.69) is 0 Å². The van der Waals surface area contributed by atoms with Gasteiger partial charge in [-0.2, -0.15) is 0 Å². The van der Waals surface area contributed by atoms with Gasteiger partial charge in [-0.3, -0.25) is 4.79 Å². The molecule has 1 aliphatic heterocycles. The average Bonchev–Trinajstić information content (AvgIpc) is 2.46. The van der Waals surface area contributed by atoms with Crippen molar-refractivity contribution in [1.82, 2.24) is 0 Å². The molecule has 2 rings (SSSR count). The minimum atomic E-state index is -0.172. The van der Waals surface area contributed by atoms with Crippen molar-refractivity contribution in [2.24, 2.45) is 5.92 Å². The summed E-state index contributed by atoms with van der Waals surface area (Å²) in [6.07, 6.45) is 3.23. The molecule has 0 radical (unpaired) electrons. The van der Waals surface area contributed by atoms with Crippen LogP contribution in [-0.4, -0.2) is 18.7 Å². The maximum Gasteiger partial charge on any atom is 0.311 e. The monoisotopic (exact) mass is 248 g/mol. The van der Waals surface area contributed by atoms with Crippen LogP contribution in [0.4, 0.5) is 0 Å². The average molecular weight is 248 g/mol. The zero-order valence-corrected chi connectivity index (χ0v) is 10.8. The molecule has 0 aliphatic carbocycles. The summed E-state index contributed by atoms with van der Waals surface area (Å²) in [5.41, 5.74) is 1.02. The van der Waals surface area contributed by atoms with Gasteiger partial charge in [-0.1, -0.05) is 30.3 Å². The van der Waals surface area contributed by atoms with E-state index < -0.39 is 0 Å². The van der Waals surface area contributed by atoms with Crippen molar-refractivity contribution in [3.63, 3.8) is 0 Å². The molecule has 0 spiro atoms. The van der Waals surface area contributed by atoms with Gasteiger partial charge in [-0.25, -0.2) is 0 Å². The first-order chi connectivity index (χ1) is 8.77. The van der Waals surface area contributed by atoms with Crippen LogP contribution in [0.25, 0.3) is 0 Å². The number of hydrogen-bond acceptors (Lipinski definition) is 3. The highest BCUT2D eigenvalue weighted by Gasteiger charge is 2.27. The van der Waals surface area contributed by atoms with Crippen molar-refractivity contribution in [2.75, 3.05) is 6.61 Å². The van der Waals surface area contributed by atoms with Crippen LogP contribution in [-0.2, 0) is 20.9 Å². The van der Waals surface area contributed by atoms with Gasteiger partial charge in [0.2, 0.25) is 0 Å². The molecule has 18 heavy (non-hydrogen) atoms. The van der Waals surface area contributed by atoms with Crippen LogP contribution in [0.1, 0.15) is 31.7 Å². The van der Waals surface area contributed by atoms with Crippen molar-refractivity contribution in [1.29, 1.82) is 0 Å². The Hall–Kier alpha value is -1.35. The maximum atomic E-state index is 11.9. The molecule has 1 aromatic rings. The van der Waals surface area contributed by atoms with Crippen molar-refractivity contribution < 1.29 is 14.3 Å². The molecule has 3 heteroatoms. The zero-order chi connectivity index (χ0) is 12.8. The molecule has 1 fully saturated rings. The second kappa shape index (κ2) is 6.55. The standard InChI is InChI=1S/C15H20O3/c1-12(14-9-5-6-10-17-14)15(16)18-11-13-7-3-2-4-8-13/h2-4,7-8,12,14H,5-6,9-11H2,1H3/t12?,14-/m1/s1. The summed E-state index contributed by atoms with van der Waals surface area (Å²) in [6.45, 7) is 3.00. The molecule has 0 N–H and O–H groups in total. The first kappa shape index (κ1) is 13.1. The summed E-state index contributed by atoms with van der Waals surface area (Å²) in [4.78, 5) is 11.9. The molecule has 3 nitrogen and oxygen atoms in total. The van der Waals surface area contributed by atoms with Gasteiger partial charge < -0.3 is 9.47 Å². The minimum absolute atomic E-state index is 0.0297. The molecular formula is C15H20O3. The number of carbonyl (C=O) groups is 1. The lowest BCUT2D eigenvalue weighted by atomic mass is 9.97. The molecule has 1 aromatic carbocycles. The van der Waals surface area contributed by atoms with Crippen molar-refractivity contribution in [3.05, 3.63) is 35.9 Å². The molecule has 98 valence electrons. The Morgan fingerprint density at radius 3 is 2.83 bits per heavy atom. The number of esters is 1. The highest BCUT2D eigenvalue weighted by molar-refractivity contribution is 5.72. The molecule has 1 aliphatic rings. The van der Waals surface area contributed by atoms with Crippen LogP contribution in [0.5, 0.6) is 0 Å². The summed E-state index contributed by atoms with van der Waals surface area (Å²) < 4.78 is 10.9. The molecule has 0 saturated carbocycles. The number of hydrogen-bond donors (Lipinski definition) is 0. The van der Waals surface area contributed by atoms with Gasteiger partial charge in [0, 0.05) is 6.61 Å². The highest BCUT2D eigenvalue weighted by atomic mass is 16.5. The van der Waals surface area contributed by atoms with E-state index in [0.717, 1.165) is 31.4 Å². The van der Waals surface area contributed by atoms with Crippen LogP contribution in [0, 0.1) is 5.92 Å².